The van der Waals surface area contributed by atoms with E-state index >= 15 is 0 Å². The fraction of sp³-hybridized carbons (Fsp3) is 0.538. The highest BCUT2D eigenvalue weighted by atomic mass is 32.1. The third kappa shape index (κ3) is 3.05. The number of fused-ring (bicyclic) bond motifs is 1. The van der Waals surface area contributed by atoms with Crippen LogP contribution in [0.4, 0.5) is 0 Å². The van der Waals surface area contributed by atoms with Crippen LogP contribution in [0.2, 0.25) is 0 Å². The van der Waals surface area contributed by atoms with Gasteiger partial charge in [-0.15, -0.1) is 10.2 Å². The van der Waals surface area contributed by atoms with Crippen molar-refractivity contribution >= 4 is 28.2 Å². The minimum Gasteiger partial charge on any atom is -0.481 e. The van der Waals surface area contributed by atoms with Crippen LogP contribution in [0.1, 0.15) is 41.0 Å². The molecule has 2 aromatic rings. The minimum absolute atomic E-state index is 0.0477. The van der Waals surface area contributed by atoms with Gasteiger partial charge in [-0.25, -0.2) is 0 Å². The van der Waals surface area contributed by atoms with E-state index in [0.29, 0.717) is 16.4 Å². The van der Waals surface area contributed by atoms with Crippen molar-refractivity contribution in [3.63, 3.8) is 0 Å². The summed E-state index contributed by atoms with van der Waals surface area (Å²) < 4.78 is 1.85. The van der Waals surface area contributed by atoms with Gasteiger partial charge in [0, 0.05) is 18.8 Å². The second-order valence-electron chi connectivity index (χ2n) is 4.82. The van der Waals surface area contributed by atoms with Crippen LogP contribution in [0, 0.1) is 13.8 Å². The molecular weight excluding hydrogens is 292 g/mol. The first-order valence-corrected chi connectivity index (χ1v) is 7.59. The molecule has 2 rings (SSSR count). The Bertz CT molecular complexity index is 676. The highest BCUT2D eigenvalue weighted by Gasteiger charge is 2.23. The molecule has 0 aliphatic carbocycles. The van der Waals surface area contributed by atoms with E-state index in [4.69, 9.17) is 5.11 Å². The van der Waals surface area contributed by atoms with Crippen LogP contribution in [0.5, 0.6) is 0 Å². The van der Waals surface area contributed by atoms with Crippen LogP contribution in [0.25, 0.3) is 4.96 Å². The Hall–Kier alpha value is -1.96. The van der Waals surface area contributed by atoms with Crippen molar-refractivity contribution < 1.29 is 14.7 Å². The van der Waals surface area contributed by atoms with E-state index in [2.05, 4.69) is 10.2 Å². The van der Waals surface area contributed by atoms with E-state index in [9.17, 15) is 9.59 Å². The Morgan fingerprint density at radius 2 is 2.00 bits per heavy atom. The monoisotopic (exact) mass is 310 g/mol. The maximum atomic E-state index is 12.6. The van der Waals surface area contributed by atoms with Gasteiger partial charge < -0.3 is 10.0 Å². The van der Waals surface area contributed by atoms with Crippen LogP contribution >= 0.6 is 11.3 Å². The van der Waals surface area contributed by atoms with Crippen LogP contribution in [0.3, 0.4) is 0 Å². The maximum Gasteiger partial charge on any atom is 0.305 e. The summed E-state index contributed by atoms with van der Waals surface area (Å²) in [4.78, 5) is 26.2. The number of thiazole rings is 1. The second-order valence-corrected chi connectivity index (χ2v) is 5.80. The number of hydrogen-bond acceptors (Lipinski definition) is 5. The smallest absolute Gasteiger partial charge is 0.305 e. The zero-order valence-electron chi connectivity index (χ0n) is 12.3. The summed E-state index contributed by atoms with van der Waals surface area (Å²) in [6.45, 7) is 6.42. The van der Waals surface area contributed by atoms with Crippen molar-refractivity contribution in [2.75, 3.05) is 13.1 Å². The van der Waals surface area contributed by atoms with Crippen LogP contribution in [-0.2, 0) is 4.79 Å². The van der Waals surface area contributed by atoms with Gasteiger partial charge >= 0.3 is 5.97 Å². The van der Waals surface area contributed by atoms with Gasteiger partial charge in [-0.1, -0.05) is 18.3 Å². The molecule has 0 unspecified atom stereocenters. The largest absolute Gasteiger partial charge is 0.481 e. The summed E-state index contributed by atoms with van der Waals surface area (Å²) in [6.07, 6.45) is 0.737. The van der Waals surface area contributed by atoms with Gasteiger partial charge in [0.15, 0.2) is 0 Å². The summed E-state index contributed by atoms with van der Waals surface area (Å²) >= 11 is 1.29. The number of aromatic nitrogens is 3. The fourth-order valence-electron chi connectivity index (χ4n) is 2.22. The standard InChI is InChI=1S/C13H18N4O3S/c1-4-6-16(7-5-10(18)19)12(20)11-8(2)17-9(3)14-15-13(17)21-11/h4-7H2,1-3H3,(H,18,19). The van der Waals surface area contributed by atoms with Crippen LogP contribution in [-0.4, -0.2) is 49.6 Å². The zero-order valence-corrected chi connectivity index (χ0v) is 13.1. The molecule has 1 amide bonds. The lowest BCUT2D eigenvalue weighted by Crippen LogP contribution is -2.33. The van der Waals surface area contributed by atoms with Crippen molar-refractivity contribution in [2.24, 2.45) is 0 Å². The van der Waals surface area contributed by atoms with Gasteiger partial charge in [-0.05, 0) is 20.3 Å². The average Bonchev–Trinajstić information content (AvgIpc) is 2.95. The molecule has 114 valence electrons. The normalized spacial score (nSPS) is 11.0. The molecular formula is C13H18N4O3S. The lowest BCUT2D eigenvalue weighted by Gasteiger charge is -2.20. The lowest BCUT2D eigenvalue weighted by atomic mass is 10.3. The quantitative estimate of drug-likeness (QED) is 0.878. The zero-order chi connectivity index (χ0) is 15.6. The number of carbonyl (C=O) groups is 2. The number of carbonyl (C=O) groups excluding carboxylic acids is 1. The summed E-state index contributed by atoms with van der Waals surface area (Å²) in [5.41, 5.74) is 0.805. The molecule has 0 fully saturated rings. The Morgan fingerprint density at radius 3 is 2.57 bits per heavy atom. The molecule has 21 heavy (non-hydrogen) atoms. The van der Waals surface area contributed by atoms with E-state index in [1.807, 2.05) is 25.2 Å². The van der Waals surface area contributed by atoms with Gasteiger partial charge in [-0.3, -0.25) is 14.0 Å². The Morgan fingerprint density at radius 1 is 1.29 bits per heavy atom. The van der Waals surface area contributed by atoms with Crippen molar-refractivity contribution in [2.45, 2.75) is 33.6 Å². The van der Waals surface area contributed by atoms with Crippen molar-refractivity contribution in [3.8, 4) is 0 Å². The first-order chi connectivity index (χ1) is 9.95. The van der Waals surface area contributed by atoms with E-state index in [1.54, 1.807) is 4.90 Å². The van der Waals surface area contributed by atoms with Crippen molar-refractivity contribution in [3.05, 3.63) is 16.4 Å². The third-order valence-corrected chi connectivity index (χ3v) is 4.34. The molecule has 0 aliphatic heterocycles. The molecule has 0 saturated heterocycles. The summed E-state index contributed by atoms with van der Waals surface area (Å²) in [7, 11) is 0. The van der Waals surface area contributed by atoms with E-state index in [-0.39, 0.29) is 18.9 Å². The Kier molecular flexibility index (Phi) is 4.56. The number of nitrogens with zero attached hydrogens (tertiary/aromatic N) is 4. The van der Waals surface area contributed by atoms with E-state index in [0.717, 1.165) is 17.9 Å². The van der Waals surface area contributed by atoms with Gasteiger partial charge in [0.05, 0.1) is 6.42 Å². The third-order valence-electron chi connectivity index (χ3n) is 3.22. The molecule has 0 bridgehead atoms. The second kappa shape index (κ2) is 6.21. The number of hydrogen-bond donors (Lipinski definition) is 1. The number of aryl methyl sites for hydroxylation is 2. The van der Waals surface area contributed by atoms with E-state index in [1.165, 1.54) is 11.3 Å². The molecule has 1 N–H and O–H groups in total. The molecule has 0 saturated carbocycles. The number of carboxylic acids is 1. The Labute approximate surface area is 126 Å². The van der Waals surface area contributed by atoms with Gasteiger partial charge in [0.25, 0.3) is 5.91 Å². The number of rotatable bonds is 6. The first-order valence-electron chi connectivity index (χ1n) is 6.77. The molecule has 2 aromatic heterocycles. The Balaban J connectivity index is 2.29. The van der Waals surface area contributed by atoms with Gasteiger partial charge in [-0.2, -0.15) is 0 Å². The predicted molar refractivity (Wildman–Crippen MR) is 78.8 cm³/mol. The lowest BCUT2D eigenvalue weighted by molar-refractivity contribution is -0.137. The van der Waals surface area contributed by atoms with Crippen molar-refractivity contribution in [1.29, 1.82) is 0 Å². The van der Waals surface area contributed by atoms with Crippen LogP contribution in [0.15, 0.2) is 0 Å². The molecule has 0 radical (unpaired) electrons. The van der Waals surface area contributed by atoms with E-state index < -0.39 is 5.97 Å². The van der Waals surface area contributed by atoms with Gasteiger partial charge in [0.2, 0.25) is 4.96 Å². The predicted octanol–water partition coefficient (Wildman–Crippen LogP) is 1.73. The average molecular weight is 310 g/mol. The summed E-state index contributed by atoms with van der Waals surface area (Å²) in [5, 5.41) is 16.8. The van der Waals surface area contributed by atoms with Gasteiger partial charge in [0.1, 0.15) is 10.7 Å². The molecule has 2 heterocycles. The topological polar surface area (TPSA) is 87.8 Å². The number of amides is 1. The molecule has 0 aromatic carbocycles. The molecule has 0 atom stereocenters. The molecule has 8 heteroatoms. The summed E-state index contributed by atoms with van der Waals surface area (Å²) in [5.74, 6) is -0.294. The molecule has 0 aliphatic rings. The molecule has 0 spiro atoms. The minimum atomic E-state index is -0.901. The SMILES string of the molecule is CCCN(CCC(=O)O)C(=O)c1sc2nnc(C)n2c1C. The fourth-order valence-corrected chi connectivity index (χ4v) is 3.30. The highest BCUT2D eigenvalue weighted by molar-refractivity contribution is 7.19. The maximum absolute atomic E-state index is 12.6. The van der Waals surface area contributed by atoms with Crippen molar-refractivity contribution in [1.82, 2.24) is 19.5 Å². The first kappa shape index (κ1) is 15.4. The molecule has 7 nitrogen and oxygen atoms in total. The van der Waals surface area contributed by atoms with Crippen LogP contribution < -0.4 is 0 Å². The number of aliphatic carboxylic acids is 1. The number of carboxylic acid groups (broad SMARTS) is 1. The summed E-state index contributed by atoms with van der Waals surface area (Å²) in [6, 6.07) is 0. The highest BCUT2D eigenvalue weighted by Crippen LogP contribution is 2.24.